The van der Waals surface area contributed by atoms with Gasteiger partial charge in [0.15, 0.2) is 0 Å². The number of aryl methyl sites for hydroxylation is 1. The van der Waals surface area contributed by atoms with Gasteiger partial charge >= 0.3 is 11.8 Å². The fraction of sp³-hybridized carbons (Fsp3) is 0.429. The van der Waals surface area contributed by atoms with Crippen molar-refractivity contribution in [1.82, 2.24) is 5.32 Å². The van der Waals surface area contributed by atoms with E-state index in [-0.39, 0.29) is 6.04 Å². The lowest BCUT2D eigenvalue weighted by molar-refractivity contribution is -0.136. The summed E-state index contributed by atoms with van der Waals surface area (Å²) < 4.78 is 0. The van der Waals surface area contributed by atoms with Gasteiger partial charge in [0.2, 0.25) is 0 Å². The molecule has 1 atom stereocenters. The van der Waals surface area contributed by atoms with Crippen LogP contribution >= 0.6 is 0 Å². The zero-order valence-corrected chi connectivity index (χ0v) is 11.1. The molecule has 4 heteroatoms. The average Bonchev–Trinajstić information content (AvgIpc) is 2.39. The summed E-state index contributed by atoms with van der Waals surface area (Å²) in [4.78, 5) is 23.3. The number of hydrogen-bond acceptors (Lipinski definition) is 2. The van der Waals surface area contributed by atoms with Crippen molar-refractivity contribution in [3.8, 4) is 0 Å². The molecule has 0 bridgehead atoms. The van der Waals surface area contributed by atoms with Gasteiger partial charge in [-0.1, -0.05) is 32.0 Å². The van der Waals surface area contributed by atoms with E-state index in [1.54, 1.807) is 6.07 Å². The van der Waals surface area contributed by atoms with Gasteiger partial charge in [0.1, 0.15) is 0 Å². The molecule has 0 saturated heterocycles. The van der Waals surface area contributed by atoms with Crippen molar-refractivity contribution in [2.45, 2.75) is 39.7 Å². The predicted molar refractivity (Wildman–Crippen MR) is 72.3 cm³/mol. The molecule has 98 valence electrons. The van der Waals surface area contributed by atoms with Gasteiger partial charge in [-0.3, -0.25) is 9.59 Å². The zero-order valence-electron chi connectivity index (χ0n) is 11.1. The lowest BCUT2D eigenvalue weighted by Crippen LogP contribution is -2.40. The first-order valence-electron chi connectivity index (χ1n) is 6.28. The van der Waals surface area contributed by atoms with Crippen molar-refractivity contribution >= 4 is 17.5 Å². The number of hydrogen-bond donors (Lipinski definition) is 2. The van der Waals surface area contributed by atoms with E-state index in [1.165, 1.54) is 0 Å². The molecule has 0 aliphatic rings. The molecular weight excluding hydrogens is 228 g/mol. The Hall–Kier alpha value is -1.84. The van der Waals surface area contributed by atoms with Crippen LogP contribution in [-0.4, -0.2) is 17.9 Å². The molecule has 0 fully saturated rings. The maximum absolute atomic E-state index is 11.7. The second-order valence-electron chi connectivity index (χ2n) is 4.25. The van der Waals surface area contributed by atoms with Crippen molar-refractivity contribution in [3.63, 3.8) is 0 Å². The number of rotatable bonds is 4. The van der Waals surface area contributed by atoms with Gasteiger partial charge in [-0.25, -0.2) is 0 Å². The number of para-hydroxylation sites is 1. The van der Waals surface area contributed by atoms with E-state index in [0.717, 1.165) is 18.4 Å². The van der Waals surface area contributed by atoms with Crippen LogP contribution < -0.4 is 10.6 Å². The number of carbonyl (C=O) groups excluding carboxylic acids is 2. The van der Waals surface area contributed by atoms with E-state index < -0.39 is 11.8 Å². The normalized spacial score (nSPS) is 11.7. The zero-order chi connectivity index (χ0) is 13.5. The molecule has 0 unspecified atom stereocenters. The van der Waals surface area contributed by atoms with E-state index in [9.17, 15) is 9.59 Å². The van der Waals surface area contributed by atoms with Gasteiger partial charge in [0, 0.05) is 11.7 Å². The molecule has 4 nitrogen and oxygen atoms in total. The van der Waals surface area contributed by atoms with E-state index in [2.05, 4.69) is 10.6 Å². The summed E-state index contributed by atoms with van der Waals surface area (Å²) in [6, 6.07) is 7.48. The molecular formula is C14H20N2O2. The molecule has 1 aromatic rings. The molecule has 1 aromatic carbocycles. The molecule has 0 heterocycles. The van der Waals surface area contributed by atoms with Crippen molar-refractivity contribution in [3.05, 3.63) is 29.8 Å². The molecule has 2 N–H and O–H groups in total. The molecule has 2 amide bonds. The van der Waals surface area contributed by atoms with Crippen LogP contribution in [0.15, 0.2) is 24.3 Å². The third-order valence-electron chi connectivity index (χ3n) is 2.84. The molecule has 0 aliphatic carbocycles. The topological polar surface area (TPSA) is 58.2 Å². The number of carbonyl (C=O) groups is 2. The Bertz CT molecular complexity index is 430. The first-order chi connectivity index (χ1) is 8.58. The largest absolute Gasteiger partial charge is 0.345 e. The highest BCUT2D eigenvalue weighted by Gasteiger charge is 2.16. The quantitative estimate of drug-likeness (QED) is 0.802. The Balaban J connectivity index is 2.67. The molecule has 1 rings (SSSR count). The summed E-state index contributed by atoms with van der Waals surface area (Å²) in [6.07, 6.45) is 1.61. The van der Waals surface area contributed by atoms with Crippen LogP contribution in [0.2, 0.25) is 0 Å². The van der Waals surface area contributed by atoms with Crippen LogP contribution in [0.25, 0.3) is 0 Å². The highest BCUT2D eigenvalue weighted by atomic mass is 16.2. The summed E-state index contributed by atoms with van der Waals surface area (Å²) >= 11 is 0. The van der Waals surface area contributed by atoms with E-state index in [1.807, 2.05) is 39.0 Å². The molecule has 0 radical (unpaired) electrons. The molecule has 0 aliphatic heterocycles. The summed E-state index contributed by atoms with van der Waals surface area (Å²) in [5.74, 6) is -1.20. The lowest BCUT2D eigenvalue weighted by atomic mass is 10.1. The summed E-state index contributed by atoms with van der Waals surface area (Å²) in [5, 5.41) is 5.28. The standard InChI is InChI=1S/C14H20N2O2/c1-4-10(3)15-13(17)14(18)16-12-9-7-6-8-11(12)5-2/h6-10H,4-5H2,1-3H3,(H,15,17)(H,16,18)/t10-/m0/s1. The van der Waals surface area contributed by atoms with Gasteiger partial charge < -0.3 is 10.6 Å². The Morgan fingerprint density at radius 1 is 1.17 bits per heavy atom. The molecule has 0 saturated carbocycles. The Labute approximate surface area is 108 Å². The fourth-order valence-corrected chi connectivity index (χ4v) is 1.52. The number of amides is 2. The van der Waals surface area contributed by atoms with Crippen LogP contribution in [0, 0.1) is 0 Å². The third-order valence-corrected chi connectivity index (χ3v) is 2.84. The SMILES string of the molecule is CCc1ccccc1NC(=O)C(=O)N[C@@H](C)CC. The van der Waals surface area contributed by atoms with Gasteiger partial charge in [-0.05, 0) is 31.4 Å². The summed E-state index contributed by atoms with van der Waals surface area (Å²) in [5.41, 5.74) is 1.71. The van der Waals surface area contributed by atoms with Gasteiger partial charge in [0.25, 0.3) is 0 Å². The number of nitrogens with one attached hydrogen (secondary N) is 2. The first-order valence-corrected chi connectivity index (χ1v) is 6.28. The van der Waals surface area contributed by atoms with Crippen LogP contribution in [-0.2, 0) is 16.0 Å². The second kappa shape index (κ2) is 6.79. The Kier molecular flexibility index (Phi) is 5.36. The highest BCUT2D eigenvalue weighted by molar-refractivity contribution is 6.39. The second-order valence-corrected chi connectivity index (χ2v) is 4.25. The maximum Gasteiger partial charge on any atom is 0.313 e. The number of benzene rings is 1. The molecule has 18 heavy (non-hydrogen) atoms. The number of anilines is 1. The minimum absolute atomic E-state index is 0.00432. The minimum atomic E-state index is -0.615. The third kappa shape index (κ3) is 3.87. The van der Waals surface area contributed by atoms with E-state index >= 15 is 0 Å². The van der Waals surface area contributed by atoms with Gasteiger partial charge in [-0.15, -0.1) is 0 Å². The maximum atomic E-state index is 11.7. The minimum Gasteiger partial charge on any atom is -0.345 e. The van der Waals surface area contributed by atoms with E-state index in [0.29, 0.717) is 5.69 Å². The van der Waals surface area contributed by atoms with Crippen LogP contribution in [0.5, 0.6) is 0 Å². The highest BCUT2D eigenvalue weighted by Crippen LogP contribution is 2.15. The predicted octanol–water partition coefficient (Wildman–Crippen LogP) is 2.10. The monoisotopic (exact) mass is 248 g/mol. The van der Waals surface area contributed by atoms with Crippen molar-refractivity contribution < 1.29 is 9.59 Å². The van der Waals surface area contributed by atoms with Crippen molar-refractivity contribution in [1.29, 1.82) is 0 Å². The Morgan fingerprint density at radius 2 is 1.83 bits per heavy atom. The smallest absolute Gasteiger partial charge is 0.313 e. The lowest BCUT2D eigenvalue weighted by Gasteiger charge is -2.12. The van der Waals surface area contributed by atoms with Crippen molar-refractivity contribution in [2.75, 3.05) is 5.32 Å². The molecule has 0 spiro atoms. The fourth-order valence-electron chi connectivity index (χ4n) is 1.52. The summed E-state index contributed by atoms with van der Waals surface area (Å²) in [7, 11) is 0. The van der Waals surface area contributed by atoms with Crippen LogP contribution in [0.1, 0.15) is 32.8 Å². The van der Waals surface area contributed by atoms with Gasteiger partial charge in [-0.2, -0.15) is 0 Å². The Morgan fingerprint density at radius 3 is 2.44 bits per heavy atom. The van der Waals surface area contributed by atoms with Gasteiger partial charge in [0.05, 0.1) is 0 Å². The van der Waals surface area contributed by atoms with E-state index in [4.69, 9.17) is 0 Å². The summed E-state index contributed by atoms with van der Waals surface area (Å²) in [6.45, 7) is 5.82. The van der Waals surface area contributed by atoms with Crippen LogP contribution in [0.3, 0.4) is 0 Å². The average molecular weight is 248 g/mol. The first kappa shape index (κ1) is 14.2. The van der Waals surface area contributed by atoms with Crippen molar-refractivity contribution in [2.24, 2.45) is 0 Å². The molecule has 0 aromatic heterocycles. The van der Waals surface area contributed by atoms with Crippen LogP contribution in [0.4, 0.5) is 5.69 Å².